The Bertz CT molecular complexity index is 671. The first kappa shape index (κ1) is 16.2. The van der Waals surface area contributed by atoms with Crippen LogP contribution >= 0.6 is 22.9 Å². The second-order valence-corrected chi connectivity index (χ2v) is 8.03. The van der Waals surface area contributed by atoms with Crippen molar-refractivity contribution in [1.82, 2.24) is 19.9 Å². The van der Waals surface area contributed by atoms with Gasteiger partial charge in [0.05, 0.1) is 4.88 Å². The highest BCUT2D eigenvalue weighted by Crippen LogP contribution is 2.34. The molecule has 2 aromatic rings. The van der Waals surface area contributed by atoms with E-state index < -0.39 is 0 Å². The van der Waals surface area contributed by atoms with Crippen LogP contribution < -0.4 is 4.90 Å². The van der Waals surface area contributed by atoms with E-state index in [-0.39, 0.29) is 0 Å². The van der Waals surface area contributed by atoms with E-state index in [1.165, 1.54) is 30.6 Å². The zero-order valence-corrected chi connectivity index (χ0v) is 15.3. The van der Waals surface area contributed by atoms with Crippen LogP contribution in [0.15, 0.2) is 18.6 Å². The third kappa shape index (κ3) is 3.55. The van der Waals surface area contributed by atoms with Gasteiger partial charge in [0.15, 0.2) is 5.13 Å². The number of anilines is 1. The number of halogens is 1. The van der Waals surface area contributed by atoms with Gasteiger partial charge in [-0.25, -0.2) is 15.0 Å². The molecule has 2 aliphatic heterocycles. The number of piperidine rings is 1. The van der Waals surface area contributed by atoms with Gasteiger partial charge >= 0.3 is 0 Å². The summed E-state index contributed by atoms with van der Waals surface area (Å²) < 4.78 is 0. The van der Waals surface area contributed by atoms with Crippen molar-refractivity contribution in [2.75, 3.05) is 31.1 Å². The SMILES string of the molecule is Clc1nc(N2CCCC2)sc1CN1CCC[C@@H](c2ccncn2)C1. The number of rotatable bonds is 4. The standard InChI is InChI=1S/C17H22ClN5S/c18-16-15(24-17(21-16)23-8-1-2-9-23)11-22-7-3-4-13(10-22)14-5-6-19-12-20-14/h5-6,12-13H,1-4,7-11H2/t13-/m1/s1. The molecular formula is C17H22ClN5S. The summed E-state index contributed by atoms with van der Waals surface area (Å²) in [4.78, 5) is 19.1. The number of likely N-dealkylation sites (tertiary alicyclic amines) is 1. The smallest absolute Gasteiger partial charge is 0.187 e. The van der Waals surface area contributed by atoms with Crippen molar-refractivity contribution in [2.24, 2.45) is 0 Å². The lowest BCUT2D eigenvalue weighted by Crippen LogP contribution is -2.34. The van der Waals surface area contributed by atoms with Crippen LogP contribution in [0.1, 0.15) is 42.2 Å². The zero-order valence-electron chi connectivity index (χ0n) is 13.7. The first-order valence-corrected chi connectivity index (χ1v) is 9.87. The van der Waals surface area contributed by atoms with Crippen molar-refractivity contribution in [3.05, 3.63) is 34.3 Å². The molecule has 128 valence electrons. The molecule has 5 nitrogen and oxygen atoms in total. The molecule has 4 rings (SSSR count). The molecule has 0 unspecified atom stereocenters. The Kier molecular flexibility index (Phi) is 4.96. The number of hydrogen-bond donors (Lipinski definition) is 0. The molecule has 4 heterocycles. The van der Waals surface area contributed by atoms with Crippen LogP contribution in [0.3, 0.4) is 0 Å². The van der Waals surface area contributed by atoms with Gasteiger partial charge in [-0.15, -0.1) is 0 Å². The third-order valence-electron chi connectivity index (χ3n) is 4.91. The van der Waals surface area contributed by atoms with Crippen LogP contribution in [0.2, 0.25) is 5.15 Å². The van der Waals surface area contributed by atoms with Crippen LogP contribution in [-0.2, 0) is 6.54 Å². The van der Waals surface area contributed by atoms with Gasteiger partial charge in [0.25, 0.3) is 0 Å². The minimum Gasteiger partial charge on any atom is -0.348 e. The van der Waals surface area contributed by atoms with Crippen LogP contribution in [0.5, 0.6) is 0 Å². The Hall–Kier alpha value is -1.24. The maximum absolute atomic E-state index is 6.42. The molecule has 2 fully saturated rings. The van der Waals surface area contributed by atoms with Gasteiger partial charge in [-0.05, 0) is 38.3 Å². The largest absolute Gasteiger partial charge is 0.348 e. The first-order chi connectivity index (χ1) is 11.8. The summed E-state index contributed by atoms with van der Waals surface area (Å²) in [5.41, 5.74) is 1.16. The fourth-order valence-corrected chi connectivity index (χ4v) is 5.00. The minimum atomic E-state index is 0.492. The molecule has 0 aliphatic carbocycles. The average Bonchev–Trinajstić information content (AvgIpc) is 3.27. The molecule has 1 atom stereocenters. The third-order valence-corrected chi connectivity index (χ3v) is 6.44. The molecule has 24 heavy (non-hydrogen) atoms. The molecule has 0 amide bonds. The molecule has 0 spiro atoms. The summed E-state index contributed by atoms with van der Waals surface area (Å²) in [5.74, 6) is 0.492. The molecule has 2 saturated heterocycles. The van der Waals surface area contributed by atoms with Crippen molar-refractivity contribution >= 4 is 28.1 Å². The average molecular weight is 364 g/mol. The van der Waals surface area contributed by atoms with Gasteiger partial charge in [-0.1, -0.05) is 22.9 Å². The molecule has 2 aliphatic rings. The second kappa shape index (κ2) is 7.33. The Morgan fingerprint density at radius 3 is 2.88 bits per heavy atom. The molecule has 0 bridgehead atoms. The van der Waals surface area contributed by atoms with Crippen molar-refractivity contribution < 1.29 is 0 Å². The summed E-state index contributed by atoms with van der Waals surface area (Å²) in [6.45, 7) is 5.27. The second-order valence-electron chi connectivity index (χ2n) is 6.61. The fraction of sp³-hybridized carbons (Fsp3) is 0.588. The quantitative estimate of drug-likeness (QED) is 0.831. The molecule has 2 aromatic heterocycles. The molecule has 0 N–H and O–H groups in total. The van der Waals surface area contributed by atoms with Gasteiger partial charge in [0.1, 0.15) is 11.5 Å². The highest BCUT2D eigenvalue weighted by atomic mass is 35.5. The fourth-order valence-electron chi connectivity index (χ4n) is 3.65. The van der Waals surface area contributed by atoms with Crippen molar-refractivity contribution in [2.45, 2.75) is 38.1 Å². The first-order valence-electron chi connectivity index (χ1n) is 8.68. The maximum atomic E-state index is 6.42. The lowest BCUT2D eigenvalue weighted by Gasteiger charge is -2.32. The van der Waals surface area contributed by atoms with Gasteiger partial charge < -0.3 is 4.90 Å². The number of hydrogen-bond acceptors (Lipinski definition) is 6. The topological polar surface area (TPSA) is 45.2 Å². The zero-order chi connectivity index (χ0) is 16.4. The normalized spacial score (nSPS) is 22.2. The Morgan fingerprint density at radius 1 is 1.21 bits per heavy atom. The summed E-state index contributed by atoms with van der Waals surface area (Å²) in [6, 6.07) is 2.04. The number of aromatic nitrogens is 3. The van der Waals surface area contributed by atoms with E-state index >= 15 is 0 Å². The molecule has 0 radical (unpaired) electrons. The predicted octanol–water partition coefficient (Wildman–Crippen LogP) is 3.57. The van der Waals surface area contributed by atoms with E-state index in [4.69, 9.17) is 11.6 Å². The van der Waals surface area contributed by atoms with Crippen molar-refractivity contribution in [3.8, 4) is 0 Å². The summed E-state index contributed by atoms with van der Waals surface area (Å²) in [5, 5.41) is 1.78. The molecule has 0 saturated carbocycles. The summed E-state index contributed by atoms with van der Waals surface area (Å²) >= 11 is 8.18. The molecule has 0 aromatic carbocycles. The van der Waals surface area contributed by atoms with Crippen LogP contribution in [0.25, 0.3) is 0 Å². The monoisotopic (exact) mass is 363 g/mol. The Balaban J connectivity index is 1.43. The lowest BCUT2D eigenvalue weighted by atomic mass is 9.94. The summed E-state index contributed by atoms with van der Waals surface area (Å²) in [7, 11) is 0. The van der Waals surface area contributed by atoms with E-state index in [0.717, 1.165) is 43.5 Å². The molecule has 7 heteroatoms. The van der Waals surface area contributed by atoms with Gasteiger partial charge in [-0.3, -0.25) is 4.90 Å². The van der Waals surface area contributed by atoms with E-state index in [0.29, 0.717) is 11.1 Å². The van der Waals surface area contributed by atoms with E-state index in [1.54, 1.807) is 17.7 Å². The van der Waals surface area contributed by atoms with Crippen LogP contribution in [0.4, 0.5) is 5.13 Å². The highest BCUT2D eigenvalue weighted by molar-refractivity contribution is 7.16. The Morgan fingerprint density at radius 2 is 2.08 bits per heavy atom. The predicted molar refractivity (Wildman–Crippen MR) is 97.9 cm³/mol. The van der Waals surface area contributed by atoms with Crippen LogP contribution in [0, 0.1) is 0 Å². The number of thiazole rings is 1. The van der Waals surface area contributed by atoms with Gasteiger partial charge in [0.2, 0.25) is 0 Å². The summed E-state index contributed by atoms with van der Waals surface area (Å²) in [6.07, 6.45) is 8.41. The highest BCUT2D eigenvalue weighted by Gasteiger charge is 2.25. The number of nitrogens with zero attached hydrogens (tertiary/aromatic N) is 5. The van der Waals surface area contributed by atoms with E-state index in [2.05, 4.69) is 24.8 Å². The van der Waals surface area contributed by atoms with Crippen LogP contribution in [-0.4, -0.2) is 46.0 Å². The Labute approximate surface area is 151 Å². The van der Waals surface area contributed by atoms with Crippen molar-refractivity contribution in [1.29, 1.82) is 0 Å². The van der Waals surface area contributed by atoms with Gasteiger partial charge in [-0.2, -0.15) is 0 Å². The van der Waals surface area contributed by atoms with Crippen molar-refractivity contribution in [3.63, 3.8) is 0 Å². The van der Waals surface area contributed by atoms with E-state index in [9.17, 15) is 0 Å². The lowest BCUT2D eigenvalue weighted by molar-refractivity contribution is 0.200. The molecular weight excluding hydrogens is 342 g/mol. The maximum Gasteiger partial charge on any atom is 0.187 e. The van der Waals surface area contributed by atoms with E-state index in [1.807, 2.05) is 12.3 Å². The minimum absolute atomic E-state index is 0.492. The van der Waals surface area contributed by atoms with Gasteiger partial charge in [0, 0.05) is 44.0 Å².